The number of benzene rings is 3. The first-order valence-electron chi connectivity index (χ1n) is 8.89. The number of anilines is 3. The Labute approximate surface area is 173 Å². The second-order valence-corrected chi connectivity index (χ2v) is 6.52. The van der Waals surface area contributed by atoms with E-state index < -0.39 is 0 Å². The fourth-order valence-electron chi connectivity index (χ4n) is 2.64. The van der Waals surface area contributed by atoms with Crippen molar-refractivity contribution < 1.29 is 14.3 Å². The minimum atomic E-state index is -0.287. The normalized spacial score (nSPS) is 10.1. The molecule has 0 aliphatic heterocycles. The molecule has 0 heterocycles. The highest BCUT2D eigenvalue weighted by molar-refractivity contribution is 6.33. The SMILES string of the molecule is COc1ccc(NC(=O)c2ccccc2NCC(=O)Nc2ccccc2Cl)cc1. The second-order valence-electron chi connectivity index (χ2n) is 6.11. The molecular weight excluding hydrogens is 390 g/mol. The zero-order chi connectivity index (χ0) is 20.6. The fraction of sp³-hybridized carbons (Fsp3) is 0.0909. The van der Waals surface area contributed by atoms with E-state index in [1.54, 1.807) is 79.9 Å². The third-order valence-corrected chi connectivity index (χ3v) is 4.44. The Bertz CT molecular complexity index is 1010. The van der Waals surface area contributed by atoms with E-state index in [1.165, 1.54) is 0 Å². The van der Waals surface area contributed by atoms with Crippen LogP contribution >= 0.6 is 11.6 Å². The Balaban J connectivity index is 1.64. The molecule has 0 saturated carbocycles. The van der Waals surface area contributed by atoms with Crippen molar-refractivity contribution in [3.63, 3.8) is 0 Å². The number of ether oxygens (including phenoxy) is 1. The maximum absolute atomic E-state index is 12.7. The molecule has 0 spiro atoms. The quantitative estimate of drug-likeness (QED) is 0.530. The van der Waals surface area contributed by atoms with Gasteiger partial charge in [0.15, 0.2) is 0 Å². The van der Waals surface area contributed by atoms with Crippen LogP contribution in [-0.2, 0) is 4.79 Å². The van der Waals surface area contributed by atoms with Gasteiger partial charge in [0.05, 0.1) is 29.9 Å². The van der Waals surface area contributed by atoms with Gasteiger partial charge in [0.2, 0.25) is 5.91 Å². The van der Waals surface area contributed by atoms with E-state index in [-0.39, 0.29) is 18.4 Å². The zero-order valence-electron chi connectivity index (χ0n) is 15.7. The summed E-state index contributed by atoms with van der Waals surface area (Å²) in [4.78, 5) is 24.9. The molecule has 148 valence electrons. The standard InChI is InChI=1S/C22H20ClN3O3/c1-29-16-12-10-15(11-13-16)25-22(28)17-6-2-4-8-19(17)24-14-21(27)26-20-9-5-3-7-18(20)23/h2-13,24H,14H2,1H3,(H,25,28)(H,26,27). The molecule has 3 N–H and O–H groups in total. The average molecular weight is 410 g/mol. The summed E-state index contributed by atoms with van der Waals surface area (Å²) < 4.78 is 5.11. The lowest BCUT2D eigenvalue weighted by atomic mass is 10.1. The van der Waals surface area contributed by atoms with Crippen molar-refractivity contribution in [2.45, 2.75) is 0 Å². The van der Waals surface area contributed by atoms with E-state index in [0.29, 0.717) is 33.4 Å². The number of nitrogens with one attached hydrogen (secondary N) is 3. The summed E-state index contributed by atoms with van der Waals surface area (Å²) >= 11 is 6.05. The molecule has 29 heavy (non-hydrogen) atoms. The summed E-state index contributed by atoms with van der Waals surface area (Å²) in [5.41, 5.74) is 2.15. The van der Waals surface area contributed by atoms with E-state index in [2.05, 4.69) is 16.0 Å². The van der Waals surface area contributed by atoms with Crippen LogP contribution in [0.2, 0.25) is 5.02 Å². The van der Waals surface area contributed by atoms with E-state index in [0.717, 1.165) is 0 Å². The minimum absolute atomic E-state index is 0.0158. The van der Waals surface area contributed by atoms with E-state index in [1.807, 2.05) is 0 Å². The molecule has 0 unspecified atom stereocenters. The molecule has 3 aromatic carbocycles. The first kappa shape index (κ1) is 20.2. The number of para-hydroxylation sites is 2. The van der Waals surface area contributed by atoms with Crippen LogP contribution in [0.3, 0.4) is 0 Å². The second kappa shape index (κ2) is 9.61. The summed E-state index contributed by atoms with van der Waals surface area (Å²) in [7, 11) is 1.58. The van der Waals surface area contributed by atoms with Gasteiger partial charge in [-0.25, -0.2) is 0 Å². The fourth-order valence-corrected chi connectivity index (χ4v) is 2.82. The molecule has 2 amide bonds. The molecule has 6 nitrogen and oxygen atoms in total. The van der Waals surface area contributed by atoms with Gasteiger partial charge in [-0.15, -0.1) is 0 Å². The molecular formula is C22H20ClN3O3. The Morgan fingerprint density at radius 2 is 1.52 bits per heavy atom. The van der Waals surface area contributed by atoms with Gasteiger partial charge in [0, 0.05) is 11.4 Å². The van der Waals surface area contributed by atoms with Crippen molar-refractivity contribution in [3.8, 4) is 5.75 Å². The predicted molar refractivity (Wildman–Crippen MR) is 116 cm³/mol. The van der Waals surface area contributed by atoms with Crippen LogP contribution in [0.15, 0.2) is 72.8 Å². The molecule has 0 bridgehead atoms. The Kier molecular flexibility index (Phi) is 6.71. The first-order chi connectivity index (χ1) is 14.1. The number of hydrogen-bond donors (Lipinski definition) is 3. The van der Waals surface area contributed by atoms with Crippen LogP contribution in [0.1, 0.15) is 10.4 Å². The highest BCUT2D eigenvalue weighted by Crippen LogP contribution is 2.21. The first-order valence-corrected chi connectivity index (χ1v) is 9.27. The number of hydrogen-bond acceptors (Lipinski definition) is 4. The third kappa shape index (κ3) is 5.49. The molecule has 0 aliphatic carbocycles. The summed E-state index contributed by atoms with van der Waals surface area (Å²) in [5.74, 6) is 0.142. The van der Waals surface area contributed by atoms with Crippen molar-refractivity contribution in [2.75, 3.05) is 29.6 Å². The summed E-state index contributed by atoms with van der Waals surface area (Å²) in [6.45, 7) is -0.0158. The van der Waals surface area contributed by atoms with E-state index >= 15 is 0 Å². The minimum Gasteiger partial charge on any atom is -0.497 e. The van der Waals surface area contributed by atoms with Crippen molar-refractivity contribution in [2.24, 2.45) is 0 Å². The van der Waals surface area contributed by atoms with Gasteiger partial charge < -0.3 is 20.7 Å². The maximum Gasteiger partial charge on any atom is 0.257 e. The van der Waals surface area contributed by atoms with Crippen molar-refractivity contribution in [1.29, 1.82) is 0 Å². The molecule has 0 radical (unpaired) electrons. The molecule has 3 rings (SSSR count). The van der Waals surface area contributed by atoms with Crippen molar-refractivity contribution in [1.82, 2.24) is 0 Å². The predicted octanol–water partition coefficient (Wildman–Crippen LogP) is 4.65. The van der Waals surface area contributed by atoms with Gasteiger partial charge in [0.25, 0.3) is 5.91 Å². The van der Waals surface area contributed by atoms with Crippen molar-refractivity contribution >= 4 is 40.5 Å². The molecule has 0 atom stereocenters. The lowest BCUT2D eigenvalue weighted by molar-refractivity contribution is -0.114. The van der Waals surface area contributed by atoms with Gasteiger partial charge in [0.1, 0.15) is 5.75 Å². The Hall–Kier alpha value is -3.51. The van der Waals surface area contributed by atoms with Crippen LogP contribution in [-0.4, -0.2) is 25.5 Å². The van der Waals surface area contributed by atoms with Gasteiger partial charge in [-0.2, -0.15) is 0 Å². The molecule has 0 aliphatic rings. The average Bonchev–Trinajstić information content (AvgIpc) is 2.74. The molecule has 7 heteroatoms. The Morgan fingerprint density at radius 1 is 0.862 bits per heavy atom. The van der Waals surface area contributed by atoms with Crippen LogP contribution in [0.5, 0.6) is 5.75 Å². The maximum atomic E-state index is 12.7. The van der Waals surface area contributed by atoms with Gasteiger partial charge >= 0.3 is 0 Å². The van der Waals surface area contributed by atoms with E-state index in [4.69, 9.17) is 16.3 Å². The smallest absolute Gasteiger partial charge is 0.257 e. The van der Waals surface area contributed by atoms with Crippen LogP contribution in [0.4, 0.5) is 17.1 Å². The van der Waals surface area contributed by atoms with Crippen molar-refractivity contribution in [3.05, 3.63) is 83.4 Å². The summed E-state index contributed by atoms with van der Waals surface area (Å²) in [6.07, 6.45) is 0. The highest BCUT2D eigenvalue weighted by atomic mass is 35.5. The Morgan fingerprint density at radius 3 is 2.21 bits per heavy atom. The van der Waals surface area contributed by atoms with Gasteiger partial charge in [-0.3, -0.25) is 9.59 Å². The number of amides is 2. The largest absolute Gasteiger partial charge is 0.497 e. The lowest BCUT2D eigenvalue weighted by Gasteiger charge is -2.13. The number of rotatable bonds is 7. The molecule has 0 aromatic heterocycles. The highest BCUT2D eigenvalue weighted by Gasteiger charge is 2.13. The topological polar surface area (TPSA) is 79.5 Å². The number of methoxy groups -OCH3 is 1. The van der Waals surface area contributed by atoms with Gasteiger partial charge in [-0.05, 0) is 48.5 Å². The number of carbonyl (C=O) groups is 2. The molecule has 0 saturated heterocycles. The van der Waals surface area contributed by atoms with Crippen LogP contribution in [0, 0.1) is 0 Å². The molecule has 0 fully saturated rings. The monoisotopic (exact) mass is 409 g/mol. The van der Waals surface area contributed by atoms with Crippen LogP contribution in [0.25, 0.3) is 0 Å². The van der Waals surface area contributed by atoms with Crippen LogP contribution < -0.4 is 20.7 Å². The zero-order valence-corrected chi connectivity index (χ0v) is 16.5. The summed E-state index contributed by atoms with van der Waals surface area (Å²) in [6, 6.07) is 21.0. The number of carbonyl (C=O) groups excluding carboxylic acids is 2. The van der Waals surface area contributed by atoms with Gasteiger partial charge in [-0.1, -0.05) is 35.9 Å². The summed E-state index contributed by atoms with van der Waals surface area (Å²) in [5, 5.41) is 9.03. The third-order valence-electron chi connectivity index (χ3n) is 4.11. The van der Waals surface area contributed by atoms with E-state index in [9.17, 15) is 9.59 Å². The number of halogens is 1. The molecule has 3 aromatic rings. The lowest BCUT2D eigenvalue weighted by Crippen LogP contribution is -2.23.